The van der Waals surface area contributed by atoms with Gasteiger partial charge in [0.1, 0.15) is 22.3 Å². The van der Waals surface area contributed by atoms with Crippen molar-refractivity contribution in [2.45, 2.75) is 19.4 Å². The number of methoxy groups -OCH3 is 3. The molecule has 142 valence electrons. The predicted octanol–water partition coefficient (Wildman–Crippen LogP) is 3.91. The van der Waals surface area contributed by atoms with Crippen LogP contribution < -0.4 is 20.3 Å². The SMILES string of the molecule is CCC(COC)n1cc(Cl)nc(Nc2c(Cl)cc(OC)cc2OC)c1=O. The van der Waals surface area contributed by atoms with Crippen LogP contribution in [0.4, 0.5) is 11.5 Å². The molecule has 2 aromatic rings. The number of nitrogens with one attached hydrogen (secondary N) is 1. The first-order valence-corrected chi connectivity index (χ1v) is 8.66. The van der Waals surface area contributed by atoms with Crippen LogP contribution in [-0.4, -0.2) is 37.5 Å². The van der Waals surface area contributed by atoms with Crippen molar-refractivity contribution in [3.8, 4) is 11.5 Å². The molecule has 1 heterocycles. The van der Waals surface area contributed by atoms with Gasteiger partial charge >= 0.3 is 0 Å². The molecule has 26 heavy (non-hydrogen) atoms. The largest absolute Gasteiger partial charge is 0.497 e. The van der Waals surface area contributed by atoms with E-state index in [0.29, 0.717) is 35.2 Å². The molecule has 7 nitrogen and oxygen atoms in total. The number of benzene rings is 1. The Kier molecular flexibility index (Phi) is 7.14. The van der Waals surface area contributed by atoms with Crippen molar-refractivity contribution in [3.05, 3.63) is 38.9 Å². The highest BCUT2D eigenvalue weighted by Crippen LogP contribution is 2.38. The molecular formula is C17H21Cl2N3O4. The summed E-state index contributed by atoms with van der Waals surface area (Å²) in [5.41, 5.74) is 0.0559. The van der Waals surface area contributed by atoms with Crippen LogP contribution in [0.2, 0.25) is 10.2 Å². The van der Waals surface area contributed by atoms with Gasteiger partial charge in [-0.1, -0.05) is 30.1 Å². The molecule has 0 fully saturated rings. The highest BCUT2D eigenvalue weighted by Gasteiger charge is 2.18. The molecule has 1 aromatic heterocycles. The Labute approximate surface area is 161 Å². The van der Waals surface area contributed by atoms with Crippen LogP contribution in [0, 0.1) is 0 Å². The zero-order valence-electron chi connectivity index (χ0n) is 15.0. The zero-order chi connectivity index (χ0) is 19.3. The standard InChI is InChI=1S/C17H21Cl2N3O4/c1-5-10(9-24-2)22-8-14(19)20-16(17(22)23)21-15-12(18)6-11(25-3)7-13(15)26-4/h6-8,10H,5,9H2,1-4H3,(H,20,21). The lowest BCUT2D eigenvalue weighted by Gasteiger charge is -2.19. The molecule has 1 N–H and O–H groups in total. The fraction of sp³-hybridized carbons (Fsp3) is 0.412. The second kappa shape index (κ2) is 9.12. The van der Waals surface area contributed by atoms with Crippen molar-refractivity contribution < 1.29 is 14.2 Å². The summed E-state index contributed by atoms with van der Waals surface area (Å²) < 4.78 is 17.2. The number of ether oxygens (including phenoxy) is 3. The second-order valence-electron chi connectivity index (χ2n) is 5.45. The lowest BCUT2D eigenvalue weighted by atomic mass is 10.2. The Morgan fingerprint density at radius 2 is 1.96 bits per heavy atom. The number of hydrogen-bond donors (Lipinski definition) is 1. The molecule has 0 saturated carbocycles. The van der Waals surface area contributed by atoms with Gasteiger partial charge in [0.15, 0.2) is 5.82 Å². The van der Waals surface area contributed by atoms with Crippen LogP contribution in [0.5, 0.6) is 11.5 Å². The summed E-state index contributed by atoms with van der Waals surface area (Å²) in [5.74, 6) is 0.975. The molecule has 0 aliphatic heterocycles. The van der Waals surface area contributed by atoms with Gasteiger partial charge in [0.25, 0.3) is 5.56 Å². The van der Waals surface area contributed by atoms with Crippen LogP contribution in [-0.2, 0) is 4.74 Å². The van der Waals surface area contributed by atoms with Gasteiger partial charge in [0.2, 0.25) is 0 Å². The van der Waals surface area contributed by atoms with Crippen LogP contribution in [0.25, 0.3) is 0 Å². The van der Waals surface area contributed by atoms with Crippen LogP contribution in [0.15, 0.2) is 23.1 Å². The normalized spacial score (nSPS) is 11.9. The van der Waals surface area contributed by atoms with E-state index in [1.165, 1.54) is 25.0 Å². The topological polar surface area (TPSA) is 74.6 Å². The monoisotopic (exact) mass is 401 g/mol. The number of halogens is 2. The van der Waals surface area contributed by atoms with Crippen molar-refractivity contribution in [1.82, 2.24) is 9.55 Å². The number of nitrogens with zero attached hydrogens (tertiary/aromatic N) is 2. The summed E-state index contributed by atoms with van der Waals surface area (Å²) in [6, 6.07) is 3.09. The van der Waals surface area contributed by atoms with Gasteiger partial charge in [-0.3, -0.25) is 4.79 Å². The van der Waals surface area contributed by atoms with Gasteiger partial charge in [-0.2, -0.15) is 0 Å². The minimum absolute atomic E-state index is 0.0393. The van der Waals surface area contributed by atoms with E-state index in [1.807, 2.05) is 6.92 Å². The third-order valence-electron chi connectivity index (χ3n) is 3.85. The highest BCUT2D eigenvalue weighted by molar-refractivity contribution is 6.34. The Balaban J connectivity index is 2.51. The number of anilines is 2. The van der Waals surface area contributed by atoms with E-state index in [0.717, 1.165) is 0 Å². The first-order chi connectivity index (χ1) is 12.4. The van der Waals surface area contributed by atoms with Gasteiger partial charge in [-0.25, -0.2) is 4.98 Å². The molecule has 0 aliphatic carbocycles. The fourth-order valence-corrected chi connectivity index (χ4v) is 2.93. The van der Waals surface area contributed by atoms with Crippen LogP contribution >= 0.6 is 23.2 Å². The summed E-state index contributed by atoms with van der Waals surface area (Å²) >= 11 is 12.4. The highest BCUT2D eigenvalue weighted by atomic mass is 35.5. The van der Waals surface area contributed by atoms with Gasteiger partial charge in [0, 0.05) is 25.4 Å². The number of hydrogen-bond acceptors (Lipinski definition) is 6. The third kappa shape index (κ3) is 4.41. The molecule has 0 saturated heterocycles. The molecule has 0 radical (unpaired) electrons. The van der Waals surface area contributed by atoms with E-state index in [4.69, 9.17) is 37.4 Å². The lowest BCUT2D eigenvalue weighted by molar-refractivity contribution is 0.151. The van der Waals surface area contributed by atoms with Gasteiger partial charge in [-0.15, -0.1) is 0 Å². The molecule has 0 spiro atoms. The minimum Gasteiger partial charge on any atom is -0.497 e. The second-order valence-corrected chi connectivity index (χ2v) is 6.25. The Morgan fingerprint density at radius 3 is 2.54 bits per heavy atom. The first-order valence-electron chi connectivity index (χ1n) is 7.91. The zero-order valence-corrected chi connectivity index (χ0v) is 16.5. The molecule has 1 atom stereocenters. The molecule has 1 unspecified atom stereocenters. The van der Waals surface area contributed by atoms with Crippen molar-refractivity contribution in [1.29, 1.82) is 0 Å². The smallest absolute Gasteiger partial charge is 0.294 e. The minimum atomic E-state index is -0.341. The van der Waals surface area contributed by atoms with Crippen molar-refractivity contribution in [2.75, 3.05) is 33.3 Å². The summed E-state index contributed by atoms with van der Waals surface area (Å²) in [6.45, 7) is 2.34. The molecule has 0 amide bonds. The summed E-state index contributed by atoms with van der Waals surface area (Å²) in [6.07, 6.45) is 2.19. The molecule has 9 heteroatoms. The van der Waals surface area contributed by atoms with Crippen molar-refractivity contribution in [2.24, 2.45) is 0 Å². The summed E-state index contributed by atoms with van der Waals surface area (Å²) in [7, 11) is 4.60. The Morgan fingerprint density at radius 1 is 1.23 bits per heavy atom. The van der Waals surface area contributed by atoms with E-state index in [-0.39, 0.29) is 22.6 Å². The number of aromatic nitrogens is 2. The number of rotatable bonds is 8. The maximum atomic E-state index is 12.8. The maximum absolute atomic E-state index is 12.8. The first kappa shape index (κ1) is 20.4. The molecule has 1 aromatic carbocycles. The van der Waals surface area contributed by atoms with E-state index in [2.05, 4.69) is 10.3 Å². The van der Waals surface area contributed by atoms with Crippen LogP contribution in [0.3, 0.4) is 0 Å². The van der Waals surface area contributed by atoms with Gasteiger partial charge < -0.3 is 24.1 Å². The summed E-state index contributed by atoms with van der Waals surface area (Å²) in [4.78, 5) is 16.9. The molecule has 0 bridgehead atoms. The van der Waals surface area contributed by atoms with Crippen molar-refractivity contribution >= 4 is 34.7 Å². The van der Waals surface area contributed by atoms with Crippen molar-refractivity contribution in [3.63, 3.8) is 0 Å². The quantitative estimate of drug-likeness (QED) is 0.722. The van der Waals surface area contributed by atoms with E-state index < -0.39 is 0 Å². The lowest BCUT2D eigenvalue weighted by Crippen LogP contribution is -2.29. The third-order valence-corrected chi connectivity index (χ3v) is 4.33. The maximum Gasteiger partial charge on any atom is 0.294 e. The molecule has 0 aliphatic rings. The average Bonchev–Trinajstić information content (AvgIpc) is 2.63. The van der Waals surface area contributed by atoms with E-state index >= 15 is 0 Å². The Bertz CT molecular complexity index is 826. The van der Waals surface area contributed by atoms with Crippen LogP contribution in [0.1, 0.15) is 19.4 Å². The van der Waals surface area contributed by atoms with E-state index in [9.17, 15) is 4.79 Å². The average molecular weight is 402 g/mol. The molecule has 2 rings (SSSR count). The van der Waals surface area contributed by atoms with E-state index in [1.54, 1.807) is 19.2 Å². The van der Waals surface area contributed by atoms with Gasteiger partial charge in [0.05, 0.1) is 31.9 Å². The summed E-state index contributed by atoms with van der Waals surface area (Å²) in [5, 5.41) is 3.42. The fourth-order valence-electron chi connectivity index (χ4n) is 2.50. The predicted molar refractivity (Wildman–Crippen MR) is 103 cm³/mol. The van der Waals surface area contributed by atoms with Gasteiger partial charge in [-0.05, 0) is 6.42 Å². The molecular weight excluding hydrogens is 381 g/mol. The Hall–Kier alpha value is -1.96.